The summed E-state index contributed by atoms with van der Waals surface area (Å²) in [6.45, 7) is 0. The largest absolute Gasteiger partial charge is 0.497 e. The first-order valence-corrected chi connectivity index (χ1v) is 14.6. The van der Waals surface area contributed by atoms with Crippen LogP contribution in [-0.4, -0.2) is 46.5 Å². The predicted octanol–water partition coefficient (Wildman–Crippen LogP) is 2.11. The van der Waals surface area contributed by atoms with Crippen LogP contribution in [0.25, 0.3) is 0 Å². The third kappa shape index (κ3) is 5.94. The third-order valence-corrected chi connectivity index (χ3v) is 11.9. The molecule has 4 rings (SSSR count). The van der Waals surface area contributed by atoms with E-state index in [1.165, 1.54) is 10.4 Å². The monoisotopic (exact) mass is 502 g/mol. The molecule has 4 aromatic carbocycles. The fourth-order valence-corrected chi connectivity index (χ4v) is 10.8. The van der Waals surface area contributed by atoms with Gasteiger partial charge in [-0.05, 0) is 45.0 Å². The number of hydrogen-bond acceptors (Lipinski definition) is 5. The molecule has 2 atom stereocenters. The van der Waals surface area contributed by atoms with Gasteiger partial charge in [-0.25, -0.2) is 0 Å². The summed E-state index contributed by atoms with van der Waals surface area (Å²) in [6.07, 6.45) is 0. The van der Waals surface area contributed by atoms with Crippen molar-refractivity contribution in [3.8, 4) is 23.0 Å². The molecule has 4 aromatic rings. The molecule has 180 valence electrons. The lowest BCUT2D eigenvalue weighted by Gasteiger charge is -2.26. The standard InChI is InChI=1S/C28H30O5Si2/c1-29-21-15-22(30-2)18-27(17-21)34(25-11-7-5-8-12-25)33-35(26-13-9-6-10-14-26)28-19-23(31-3)16-24(20-28)32-4/h5-20,34-35H,1-4H3. The molecule has 0 radical (unpaired) electrons. The van der Waals surface area contributed by atoms with Crippen LogP contribution in [0.4, 0.5) is 0 Å². The lowest BCUT2D eigenvalue weighted by Crippen LogP contribution is -2.56. The minimum absolute atomic E-state index is 0.748. The van der Waals surface area contributed by atoms with E-state index in [0.717, 1.165) is 33.4 Å². The molecule has 2 unspecified atom stereocenters. The molecule has 0 fully saturated rings. The summed E-state index contributed by atoms with van der Waals surface area (Å²) in [5.41, 5.74) is 0. The predicted molar refractivity (Wildman–Crippen MR) is 146 cm³/mol. The summed E-state index contributed by atoms with van der Waals surface area (Å²) in [5, 5.41) is 4.56. The van der Waals surface area contributed by atoms with Gasteiger partial charge in [0.1, 0.15) is 23.0 Å². The van der Waals surface area contributed by atoms with Gasteiger partial charge in [0.25, 0.3) is 0 Å². The van der Waals surface area contributed by atoms with Gasteiger partial charge in [-0.1, -0.05) is 60.7 Å². The topological polar surface area (TPSA) is 46.2 Å². The van der Waals surface area contributed by atoms with Crippen LogP contribution in [0.15, 0.2) is 97.1 Å². The normalized spacial score (nSPS) is 12.5. The molecule has 0 aliphatic carbocycles. The van der Waals surface area contributed by atoms with Crippen LogP contribution in [0.1, 0.15) is 0 Å². The molecule has 0 spiro atoms. The molecule has 5 nitrogen and oxygen atoms in total. The molecule has 0 saturated carbocycles. The second kappa shape index (κ2) is 11.7. The fourth-order valence-electron chi connectivity index (χ4n) is 4.05. The molecule has 0 aliphatic heterocycles. The SMILES string of the molecule is COc1cc(OC)cc([SiH](O[SiH](c2ccccc2)c2cc(OC)cc(OC)c2)c2ccccc2)c1. The first-order valence-electron chi connectivity index (χ1n) is 11.4. The van der Waals surface area contributed by atoms with Gasteiger partial charge in [0.15, 0.2) is 0 Å². The smallest absolute Gasteiger partial charge is 0.229 e. The number of benzene rings is 4. The summed E-state index contributed by atoms with van der Waals surface area (Å²) in [6, 6.07) is 32.9. The lowest BCUT2D eigenvalue weighted by molar-refractivity contribution is 0.395. The number of hydrogen-bond donors (Lipinski definition) is 0. The maximum atomic E-state index is 7.25. The maximum absolute atomic E-state index is 7.25. The van der Waals surface area contributed by atoms with E-state index in [2.05, 4.69) is 72.8 Å². The highest BCUT2D eigenvalue weighted by atomic mass is 28.4. The Bertz CT molecular complexity index is 1090. The van der Waals surface area contributed by atoms with Gasteiger partial charge >= 0.3 is 0 Å². The van der Waals surface area contributed by atoms with E-state index in [-0.39, 0.29) is 0 Å². The van der Waals surface area contributed by atoms with Gasteiger partial charge in [-0.15, -0.1) is 0 Å². The Morgan fingerprint density at radius 3 is 1.00 bits per heavy atom. The summed E-state index contributed by atoms with van der Waals surface area (Å²) < 4.78 is 29.6. The summed E-state index contributed by atoms with van der Waals surface area (Å²) in [4.78, 5) is 0. The molecular weight excluding hydrogens is 472 g/mol. The van der Waals surface area contributed by atoms with Crippen molar-refractivity contribution in [2.45, 2.75) is 0 Å². The molecule has 0 aliphatic rings. The van der Waals surface area contributed by atoms with Crippen LogP contribution >= 0.6 is 0 Å². The first kappa shape index (κ1) is 24.6. The van der Waals surface area contributed by atoms with E-state index in [0.29, 0.717) is 0 Å². The highest BCUT2D eigenvalue weighted by Crippen LogP contribution is 2.20. The molecule has 0 amide bonds. The Morgan fingerprint density at radius 2 is 0.714 bits per heavy atom. The maximum Gasteiger partial charge on any atom is 0.229 e. The van der Waals surface area contributed by atoms with Crippen LogP contribution in [0.2, 0.25) is 0 Å². The molecule has 0 saturated heterocycles. The van der Waals surface area contributed by atoms with Crippen LogP contribution in [-0.2, 0) is 4.12 Å². The summed E-state index contributed by atoms with van der Waals surface area (Å²) in [5.74, 6) is 2.99. The minimum atomic E-state index is -2.16. The Balaban J connectivity index is 1.86. The zero-order chi connectivity index (χ0) is 24.6. The van der Waals surface area contributed by atoms with Crippen molar-refractivity contribution < 1.29 is 23.1 Å². The third-order valence-electron chi connectivity index (χ3n) is 5.83. The molecule has 7 heteroatoms. The van der Waals surface area contributed by atoms with Crippen LogP contribution in [0, 0.1) is 0 Å². The fraction of sp³-hybridized carbons (Fsp3) is 0.143. The van der Waals surface area contributed by atoms with Crippen molar-refractivity contribution in [3.05, 3.63) is 97.1 Å². The second-order valence-electron chi connectivity index (χ2n) is 8.01. The van der Waals surface area contributed by atoms with E-state index < -0.39 is 18.1 Å². The Hall–Kier alpha value is -3.53. The van der Waals surface area contributed by atoms with Crippen molar-refractivity contribution in [1.82, 2.24) is 0 Å². The van der Waals surface area contributed by atoms with Crippen LogP contribution in [0.3, 0.4) is 0 Å². The number of methoxy groups -OCH3 is 4. The van der Waals surface area contributed by atoms with E-state index in [4.69, 9.17) is 23.1 Å². The molecule has 0 N–H and O–H groups in total. The number of rotatable bonds is 10. The Kier molecular flexibility index (Phi) is 8.25. The minimum Gasteiger partial charge on any atom is -0.497 e. The molecular formula is C28H30O5Si2. The van der Waals surface area contributed by atoms with Gasteiger partial charge in [-0.2, -0.15) is 0 Å². The van der Waals surface area contributed by atoms with E-state index in [9.17, 15) is 0 Å². The van der Waals surface area contributed by atoms with Crippen molar-refractivity contribution >= 4 is 38.8 Å². The van der Waals surface area contributed by atoms with Gasteiger partial charge in [0.2, 0.25) is 18.1 Å². The van der Waals surface area contributed by atoms with E-state index in [1.54, 1.807) is 28.4 Å². The average Bonchev–Trinajstić information content (AvgIpc) is 2.93. The van der Waals surface area contributed by atoms with Crippen LogP contribution in [0.5, 0.6) is 23.0 Å². The van der Waals surface area contributed by atoms with Crippen molar-refractivity contribution in [2.75, 3.05) is 28.4 Å². The van der Waals surface area contributed by atoms with Crippen molar-refractivity contribution in [2.24, 2.45) is 0 Å². The Labute approximate surface area is 210 Å². The van der Waals surface area contributed by atoms with E-state index >= 15 is 0 Å². The number of ether oxygens (including phenoxy) is 4. The second-order valence-corrected chi connectivity index (χ2v) is 13.3. The van der Waals surface area contributed by atoms with Gasteiger partial charge in [0.05, 0.1) is 28.4 Å². The molecule has 0 bridgehead atoms. The highest BCUT2D eigenvalue weighted by Gasteiger charge is 2.28. The van der Waals surface area contributed by atoms with Gasteiger partial charge < -0.3 is 23.1 Å². The average molecular weight is 503 g/mol. The lowest BCUT2D eigenvalue weighted by atomic mass is 10.3. The van der Waals surface area contributed by atoms with Crippen molar-refractivity contribution in [1.29, 1.82) is 0 Å². The zero-order valence-corrected chi connectivity index (χ0v) is 22.7. The van der Waals surface area contributed by atoms with Crippen LogP contribution < -0.4 is 39.7 Å². The molecule has 0 aromatic heterocycles. The molecule has 35 heavy (non-hydrogen) atoms. The van der Waals surface area contributed by atoms with Gasteiger partial charge in [0, 0.05) is 12.1 Å². The Morgan fingerprint density at radius 1 is 0.400 bits per heavy atom. The zero-order valence-electron chi connectivity index (χ0n) is 20.4. The van der Waals surface area contributed by atoms with Gasteiger partial charge in [-0.3, -0.25) is 0 Å². The quantitative estimate of drug-likeness (QED) is 0.311. The summed E-state index contributed by atoms with van der Waals surface area (Å²) >= 11 is 0. The highest BCUT2D eigenvalue weighted by molar-refractivity contribution is 6.91. The van der Waals surface area contributed by atoms with E-state index in [1.807, 2.05) is 24.3 Å². The molecule has 0 heterocycles. The van der Waals surface area contributed by atoms with Crippen molar-refractivity contribution in [3.63, 3.8) is 0 Å². The summed E-state index contributed by atoms with van der Waals surface area (Å²) in [7, 11) is 2.35. The first-order chi connectivity index (χ1) is 17.1.